The van der Waals surface area contributed by atoms with E-state index in [1.54, 1.807) is 26.1 Å². The Labute approximate surface area is 198 Å². The maximum atomic E-state index is 13.8. The predicted octanol–water partition coefficient (Wildman–Crippen LogP) is 3.21. The van der Waals surface area contributed by atoms with Crippen LogP contribution in [0.3, 0.4) is 0 Å². The zero-order valence-corrected chi connectivity index (χ0v) is 19.6. The van der Waals surface area contributed by atoms with Crippen LogP contribution in [0.15, 0.2) is 30.9 Å². The number of aromatic amines is 1. The molecule has 2 heterocycles. The Kier molecular flexibility index (Phi) is 6.41. The highest BCUT2D eigenvalue weighted by Crippen LogP contribution is 2.36. The summed E-state index contributed by atoms with van der Waals surface area (Å²) in [7, 11) is 1.58. The summed E-state index contributed by atoms with van der Waals surface area (Å²) in [5.41, 5.74) is 5.86. The minimum absolute atomic E-state index is 0.199. The average Bonchev–Trinajstić information content (AvgIpc) is 3.31. The van der Waals surface area contributed by atoms with Gasteiger partial charge < -0.3 is 20.5 Å². The van der Waals surface area contributed by atoms with Crippen molar-refractivity contribution in [2.45, 2.75) is 39.2 Å². The van der Waals surface area contributed by atoms with E-state index in [2.05, 4.69) is 22.2 Å². The average molecular weight is 465 g/mol. The summed E-state index contributed by atoms with van der Waals surface area (Å²) in [6.45, 7) is 7.68. The summed E-state index contributed by atoms with van der Waals surface area (Å²) in [4.78, 5) is 41.5. The molecular formula is C26H29FN4O3. The number of hydrogen-bond donors (Lipinski definition) is 3. The minimum Gasteiger partial charge on any atom is -0.358 e. The van der Waals surface area contributed by atoms with Crippen LogP contribution in [0.1, 0.15) is 41.4 Å². The van der Waals surface area contributed by atoms with E-state index in [1.807, 2.05) is 6.92 Å². The van der Waals surface area contributed by atoms with Crippen LogP contribution >= 0.6 is 0 Å². The summed E-state index contributed by atoms with van der Waals surface area (Å²) in [5.74, 6) is -0.873. The number of nitrogens with zero attached hydrogens (tertiary/aromatic N) is 1. The van der Waals surface area contributed by atoms with Gasteiger partial charge in [-0.2, -0.15) is 0 Å². The molecule has 1 aliphatic heterocycles. The van der Waals surface area contributed by atoms with Crippen LogP contribution in [-0.2, 0) is 27.2 Å². The van der Waals surface area contributed by atoms with Gasteiger partial charge >= 0.3 is 0 Å². The number of likely N-dealkylation sites (N-methyl/N-ethyl adjacent to an activating group) is 1. The number of carbonyl (C=O) groups excluding carboxylic acids is 3. The number of benzene rings is 1. The molecule has 178 valence electrons. The van der Waals surface area contributed by atoms with E-state index in [9.17, 15) is 18.8 Å². The van der Waals surface area contributed by atoms with E-state index in [-0.39, 0.29) is 29.5 Å². The number of carbonyl (C=O) groups is 3. The highest BCUT2D eigenvalue weighted by atomic mass is 19.1. The van der Waals surface area contributed by atoms with Crippen LogP contribution in [0.25, 0.3) is 11.6 Å². The number of aromatic nitrogens is 1. The first-order valence-corrected chi connectivity index (χ1v) is 11.4. The molecule has 8 heteroatoms. The summed E-state index contributed by atoms with van der Waals surface area (Å²) in [6, 6.07) is 3.69. The summed E-state index contributed by atoms with van der Waals surface area (Å²) in [5, 5.41) is 5.74. The number of anilines is 1. The zero-order chi connectivity index (χ0) is 24.6. The van der Waals surface area contributed by atoms with Gasteiger partial charge in [0.05, 0.1) is 5.57 Å². The topological polar surface area (TPSA) is 94.3 Å². The van der Waals surface area contributed by atoms with Crippen molar-refractivity contribution in [1.29, 1.82) is 0 Å². The molecule has 1 unspecified atom stereocenters. The van der Waals surface area contributed by atoms with Gasteiger partial charge in [-0.3, -0.25) is 14.4 Å². The monoisotopic (exact) mass is 464 g/mol. The largest absolute Gasteiger partial charge is 0.358 e. The molecule has 0 bridgehead atoms. The molecule has 3 N–H and O–H groups in total. The first-order valence-electron chi connectivity index (χ1n) is 11.4. The lowest BCUT2D eigenvalue weighted by molar-refractivity contribution is -0.135. The summed E-state index contributed by atoms with van der Waals surface area (Å²) in [6.07, 6.45) is 5.54. The Morgan fingerprint density at radius 3 is 2.88 bits per heavy atom. The number of nitrogens with one attached hydrogen (secondary N) is 3. The molecule has 2 aromatic rings. The summed E-state index contributed by atoms with van der Waals surface area (Å²) >= 11 is 0. The molecule has 34 heavy (non-hydrogen) atoms. The van der Waals surface area contributed by atoms with Crippen LogP contribution < -0.4 is 10.6 Å². The van der Waals surface area contributed by atoms with Gasteiger partial charge in [-0.1, -0.05) is 6.58 Å². The molecule has 1 aromatic carbocycles. The standard InChI is InChI=1S/C26H29FN4O3/c1-5-24(32)31(4)15(3)25(33)28-13-16-6-8-18-14(2)22(29-23(18)10-16)12-20-19-11-17(27)7-9-21(19)30-26(20)34/h5,7,9,11-12,15-16,29H,1,6,8,10,13H2,2-4H3,(H,28,33)(H,30,34)/t15?,16-/m1/s1. The molecule has 0 saturated carbocycles. The Balaban J connectivity index is 1.46. The van der Waals surface area contributed by atoms with Crippen molar-refractivity contribution in [3.8, 4) is 0 Å². The van der Waals surface area contributed by atoms with E-state index in [0.29, 0.717) is 23.4 Å². The summed E-state index contributed by atoms with van der Waals surface area (Å²) < 4.78 is 13.8. The molecular weight excluding hydrogens is 435 g/mol. The second kappa shape index (κ2) is 9.29. The predicted molar refractivity (Wildman–Crippen MR) is 129 cm³/mol. The number of halogens is 1. The maximum Gasteiger partial charge on any atom is 0.256 e. The highest BCUT2D eigenvalue weighted by molar-refractivity contribution is 6.34. The van der Waals surface area contributed by atoms with Crippen molar-refractivity contribution < 1.29 is 18.8 Å². The fourth-order valence-corrected chi connectivity index (χ4v) is 4.64. The van der Waals surface area contributed by atoms with Crippen LogP contribution in [0, 0.1) is 18.7 Å². The van der Waals surface area contributed by atoms with E-state index >= 15 is 0 Å². The number of fused-ring (bicyclic) bond motifs is 2. The second-order valence-electron chi connectivity index (χ2n) is 9.01. The van der Waals surface area contributed by atoms with E-state index in [1.165, 1.54) is 28.7 Å². The Morgan fingerprint density at radius 1 is 1.38 bits per heavy atom. The van der Waals surface area contributed by atoms with Crippen molar-refractivity contribution in [2.75, 3.05) is 18.9 Å². The number of H-pyrrole nitrogens is 1. The third-order valence-corrected chi connectivity index (χ3v) is 6.90. The van der Waals surface area contributed by atoms with E-state index in [0.717, 1.165) is 36.2 Å². The lowest BCUT2D eigenvalue weighted by atomic mass is 9.86. The fourth-order valence-electron chi connectivity index (χ4n) is 4.64. The third kappa shape index (κ3) is 4.40. The molecule has 2 atom stereocenters. The van der Waals surface area contributed by atoms with Crippen molar-refractivity contribution in [3.05, 3.63) is 64.7 Å². The maximum absolute atomic E-state index is 13.8. The third-order valence-electron chi connectivity index (χ3n) is 6.90. The van der Waals surface area contributed by atoms with E-state index in [4.69, 9.17) is 0 Å². The first-order chi connectivity index (χ1) is 16.2. The number of amides is 3. The molecule has 0 saturated heterocycles. The van der Waals surface area contributed by atoms with Crippen LogP contribution in [0.5, 0.6) is 0 Å². The Morgan fingerprint density at radius 2 is 2.15 bits per heavy atom. The van der Waals surface area contributed by atoms with Gasteiger partial charge in [0.1, 0.15) is 11.9 Å². The van der Waals surface area contributed by atoms with Gasteiger partial charge in [0.25, 0.3) is 5.91 Å². The first kappa shape index (κ1) is 23.5. The van der Waals surface area contributed by atoms with Gasteiger partial charge in [-0.15, -0.1) is 0 Å². The van der Waals surface area contributed by atoms with Crippen molar-refractivity contribution >= 4 is 35.1 Å². The Bertz CT molecular complexity index is 1210. The smallest absolute Gasteiger partial charge is 0.256 e. The van der Waals surface area contributed by atoms with Gasteiger partial charge in [-0.05, 0) is 80.5 Å². The lowest BCUT2D eigenvalue weighted by Gasteiger charge is -2.26. The van der Waals surface area contributed by atoms with Gasteiger partial charge in [0, 0.05) is 36.2 Å². The van der Waals surface area contributed by atoms with Gasteiger partial charge in [0.15, 0.2) is 0 Å². The van der Waals surface area contributed by atoms with Crippen LogP contribution in [-0.4, -0.2) is 47.2 Å². The molecule has 7 nitrogen and oxygen atoms in total. The molecule has 1 aromatic heterocycles. The lowest BCUT2D eigenvalue weighted by Crippen LogP contribution is -2.46. The van der Waals surface area contributed by atoms with Gasteiger partial charge in [0.2, 0.25) is 11.8 Å². The molecule has 2 aliphatic rings. The molecule has 4 rings (SSSR count). The second-order valence-corrected chi connectivity index (χ2v) is 9.01. The van der Waals surface area contributed by atoms with Crippen LogP contribution in [0.2, 0.25) is 0 Å². The normalized spacial score (nSPS) is 18.6. The highest BCUT2D eigenvalue weighted by Gasteiger charge is 2.28. The fraction of sp³-hybridized carbons (Fsp3) is 0.346. The molecule has 0 radical (unpaired) electrons. The molecule has 3 amide bonds. The zero-order valence-electron chi connectivity index (χ0n) is 19.6. The molecule has 0 spiro atoms. The van der Waals surface area contributed by atoms with Crippen molar-refractivity contribution in [3.63, 3.8) is 0 Å². The van der Waals surface area contributed by atoms with Crippen molar-refractivity contribution in [1.82, 2.24) is 15.2 Å². The van der Waals surface area contributed by atoms with Crippen LogP contribution in [0.4, 0.5) is 10.1 Å². The Hall–Kier alpha value is -3.68. The number of hydrogen-bond acceptors (Lipinski definition) is 3. The molecule has 0 fully saturated rings. The van der Waals surface area contributed by atoms with Gasteiger partial charge in [-0.25, -0.2) is 4.39 Å². The molecule has 1 aliphatic carbocycles. The quantitative estimate of drug-likeness (QED) is 0.573. The van der Waals surface area contributed by atoms with Crippen molar-refractivity contribution in [2.24, 2.45) is 5.92 Å². The number of rotatable bonds is 6. The van der Waals surface area contributed by atoms with E-state index < -0.39 is 6.04 Å². The SMILES string of the molecule is C=CC(=O)N(C)C(C)C(=O)NC[C@@H]1CCc2c([nH]c(C=C3C(=O)Nc4ccc(F)cc43)c2C)C1. The minimum atomic E-state index is -0.583.